The van der Waals surface area contributed by atoms with Crippen LogP contribution < -0.4 is 14.8 Å². The first kappa shape index (κ1) is 22.2. The number of benzene rings is 2. The lowest BCUT2D eigenvalue weighted by atomic mass is 9.95. The minimum Gasteiger partial charge on any atom is -0.454 e. The van der Waals surface area contributed by atoms with Gasteiger partial charge >= 0.3 is 0 Å². The van der Waals surface area contributed by atoms with Crippen LogP contribution >= 0.6 is 0 Å². The summed E-state index contributed by atoms with van der Waals surface area (Å²) in [4.78, 5) is 28.0. The Balaban J connectivity index is 1.42. The molecule has 2 aromatic rings. The average Bonchev–Trinajstić information content (AvgIpc) is 3.30. The molecule has 32 heavy (non-hydrogen) atoms. The molecule has 2 aromatic carbocycles. The van der Waals surface area contributed by atoms with Gasteiger partial charge in [0.15, 0.2) is 11.5 Å². The van der Waals surface area contributed by atoms with E-state index in [4.69, 9.17) is 9.47 Å². The van der Waals surface area contributed by atoms with E-state index in [0.717, 1.165) is 48.3 Å². The number of amides is 2. The molecule has 4 rings (SSSR count). The molecule has 6 nitrogen and oxygen atoms in total. The molecule has 2 amide bonds. The molecule has 0 spiro atoms. The summed E-state index contributed by atoms with van der Waals surface area (Å²) < 4.78 is 10.8. The predicted molar refractivity (Wildman–Crippen MR) is 122 cm³/mol. The Morgan fingerprint density at radius 3 is 2.53 bits per heavy atom. The Kier molecular flexibility index (Phi) is 7.30. The van der Waals surface area contributed by atoms with Crippen molar-refractivity contribution < 1.29 is 19.1 Å². The van der Waals surface area contributed by atoms with E-state index in [2.05, 4.69) is 5.32 Å². The number of aryl methyl sites for hydroxylation is 1. The lowest BCUT2D eigenvalue weighted by Gasteiger charge is -2.31. The van der Waals surface area contributed by atoms with Gasteiger partial charge in [0, 0.05) is 19.0 Å². The highest BCUT2D eigenvalue weighted by Gasteiger charge is 2.28. The van der Waals surface area contributed by atoms with Crippen LogP contribution in [0, 0.1) is 0 Å². The van der Waals surface area contributed by atoms with Crippen molar-refractivity contribution in [2.45, 2.75) is 70.5 Å². The largest absolute Gasteiger partial charge is 0.454 e. The molecular formula is C26H32N2O4. The predicted octanol–water partition coefficient (Wildman–Crippen LogP) is 4.21. The Hall–Kier alpha value is -3.02. The van der Waals surface area contributed by atoms with Gasteiger partial charge in [-0.15, -0.1) is 0 Å². The highest BCUT2D eigenvalue weighted by Crippen LogP contribution is 2.32. The van der Waals surface area contributed by atoms with Gasteiger partial charge in [0.2, 0.25) is 18.6 Å². The smallest absolute Gasteiger partial charge is 0.242 e. The lowest BCUT2D eigenvalue weighted by Crippen LogP contribution is -2.50. The second-order valence-corrected chi connectivity index (χ2v) is 8.71. The van der Waals surface area contributed by atoms with Crippen LogP contribution in [0.1, 0.15) is 56.6 Å². The Morgan fingerprint density at radius 1 is 1.00 bits per heavy atom. The molecule has 1 unspecified atom stereocenters. The Bertz CT molecular complexity index is 925. The van der Waals surface area contributed by atoms with E-state index in [1.807, 2.05) is 55.5 Å². The summed E-state index contributed by atoms with van der Waals surface area (Å²) in [5.41, 5.74) is 2.03. The van der Waals surface area contributed by atoms with Gasteiger partial charge in [-0.2, -0.15) is 0 Å². The fourth-order valence-electron chi connectivity index (χ4n) is 4.42. The molecule has 1 aliphatic carbocycles. The molecular weight excluding hydrogens is 404 g/mol. The third-order valence-corrected chi connectivity index (χ3v) is 6.38. The first-order valence-electron chi connectivity index (χ1n) is 11.6. The molecule has 170 valence electrons. The summed E-state index contributed by atoms with van der Waals surface area (Å²) in [5.74, 6) is 1.36. The number of hydrogen-bond acceptors (Lipinski definition) is 4. The van der Waals surface area contributed by atoms with Crippen molar-refractivity contribution in [3.63, 3.8) is 0 Å². The number of nitrogens with one attached hydrogen (secondary N) is 1. The van der Waals surface area contributed by atoms with E-state index >= 15 is 0 Å². The highest BCUT2D eigenvalue weighted by molar-refractivity contribution is 5.87. The zero-order valence-corrected chi connectivity index (χ0v) is 18.7. The summed E-state index contributed by atoms with van der Waals surface area (Å²) >= 11 is 0. The molecule has 0 radical (unpaired) electrons. The van der Waals surface area contributed by atoms with Gasteiger partial charge in [-0.05, 0) is 49.4 Å². The maximum Gasteiger partial charge on any atom is 0.242 e. The van der Waals surface area contributed by atoms with Gasteiger partial charge in [0.25, 0.3) is 0 Å². The van der Waals surface area contributed by atoms with Crippen LogP contribution in [-0.4, -0.2) is 35.6 Å². The number of carbonyl (C=O) groups excluding carboxylic acids is 2. The number of hydrogen-bond donors (Lipinski definition) is 1. The average molecular weight is 437 g/mol. The first-order valence-corrected chi connectivity index (χ1v) is 11.6. The maximum absolute atomic E-state index is 13.3. The van der Waals surface area contributed by atoms with Gasteiger partial charge in [-0.3, -0.25) is 9.59 Å². The summed E-state index contributed by atoms with van der Waals surface area (Å²) in [6.07, 6.45) is 6.50. The van der Waals surface area contributed by atoms with E-state index in [1.54, 1.807) is 4.90 Å². The maximum atomic E-state index is 13.3. The van der Waals surface area contributed by atoms with Crippen LogP contribution in [0.2, 0.25) is 0 Å². The second kappa shape index (κ2) is 10.5. The van der Waals surface area contributed by atoms with E-state index in [9.17, 15) is 9.59 Å². The minimum atomic E-state index is -0.526. The van der Waals surface area contributed by atoms with Crippen LogP contribution in [0.25, 0.3) is 0 Å². The third kappa shape index (κ3) is 5.61. The van der Waals surface area contributed by atoms with E-state index in [-0.39, 0.29) is 24.6 Å². The molecule has 1 N–H and O–H groups in total. The summed E-state index contributed by atoms with van der Waals surface area (Å²) in [6, 6.07) is 15.3. The summed E-state index contributed by atoms with van der Waals surface area (Å²) in [7, 11) is 0. The van der Waals surface area contributed by atoms with Crippen molar-refractivity contribution in [3.05, 3.63) is 59.7 Å². The summed E-state index contributed by atoms with van der Waals surface area (Å²) in [5, 5.41) is 3.18. The van der Waals surface area contributed by atoms with Crippen LogP contribution in [0.4, 0.5) is 0 Å². The Labute approximate surface area is 189 Å². The van der Waals surface area contributed by atoms with Gasteiger partial charge in [-0.1, -0.05) is 55.7 Å². The van der Waals surface area contributed by atoms with Gasteiger partial charge in [-0.25, -0.2) is 0 Å². The van der Waals surface area contributed by atoms with Gasteiger partial charge in [0.05, 0.1) is 0 Å². The fraction of sp³-hybridized carbons (Fsp3) is 0.462. The van der Waals surface area contributed by atoms with Crippen molar-refractivity contribution >= 4 is 11.8 Å². The summed E-state index contributed by atoms with van der Waals surface area (Å²) in [6.45, 7) is 2.48. The van der Waals surface area contributed by atoms with Gasteiger partial charge in [0.1, 0.15) is 6.04 Å². The van der Waals surface area contributed by atoms with E-state index in [0.29, 0.717) is 19.4 Å². The number of fused-ring (bicyclic) bond motifs is 1. The minimum absolute atomic E-state index is 0.0298. The zero-order valence-electron chi connectivity index (χ0n) is 18.7. The fourth-order valence-corrected chi connectivity index (χ4v) is 4.42. The third-order valence-electron chi connectivity index (χ3n) is 6.38. The van der Waals surface area contributed by atoms with Crippen LogP contribution in [0.5, 0.6) is 11.5 Å². The normalized spacial score (nSPS) is 16.4. The molecule has 0 aromatic heterocycles. The molecule has 1 fully saturated rings. The standard InChI is InChI=1S/C26H32N2O4/c1-19(26(30)27-22-10-6-3-7-11-22)28(17-21-8-4-2-5-9-21)25(29)15-13-20-12-14-23-24(16-20)32-18-31-23/h2,4-5,8-9,12,14,16,19,22H,3,6-7,10-11,13,15,17-18H2,1H3,(H,27,30). The van der Waals surface area contributed by atoms with Crippen molar-refractivity contribution in [2.24, 2.45) is 0 Å². The number of carbonyl (C=O) groups is 2. The number of nitrogens with zero attached hydrogens (tertiary/aromatic N) is 1. The molecule has 6 heteroatoms. The topological polar surface area (TPSA) is 67.9 Å². The molecule has 1 atom stereocenters. The number of rotatable bonds is 8. The number of ether oxygens (including phenoxy) is 2. The Morgan fingerprint density at radius 2 is 1.75 bits per heavy atom. The van der Waals surface area contributed by atoms with Gasteiger partial charge < -0.3 is 19.7 Å². The molecule has 0 saturated heterocycles. The van der Waals surface area contributed by atoms with Crippen molar-refractivity contribution in [2.75, 3.05) is 6.79 Å². The molecule has 0 bridgehead atoms. The molecule has 1 aliphatic heterocycles. The molecule has 1 saturated carbocycles. The highest BCUT2D eigenvalue weighted by atomic mass is 16.7. The quantitative estimate of drug-likeness (QED) is 0.673. The molecule has 2 aliphatic rings. The SMILES string of the molecule is CC(C(=O)NC1CCCCC1)N(Cc1ccccc1)C(=O)CCc1ccc2c(c1)OCO2. The monoisotopic (exact) mass is 436 g/mol. The van der Waals surface area contributed by atoms with Crippen LogP contribution in [-0.2, 0) is 22.6 Å². The molecule has 1 heterocycles. The second-order valence-electron chi connectivity index (χ2n) is 8.71. The van der Waals surface area contributed by atoms with E-state index in [1.165, 1.54) is 6.42 Å². The van der Waals surface area contributed by atoms with Crippen LogP contribution in [0.3, 0.4) is 0 Å². The first-order chi connectivity index (χ1) is 15.6. The van der Waals surface area contributed by atoms with E-state index < -0.39 is 6.04 Å². The van der Waals surface area contributed by atoms with Crippen molar-refractivity contribution in [3.8, 4) is 11.5 Å². The zero-order chi connectivity index (χ0) is 22.3. The van der Waals surface area contributed by atoms with Crippen molar-refractivity contribution in [1.29, 1.82) is 0 Å². The van der Waals surface area contributed by atoms with Crippen molar-refractivity contribution in [1.82, 2.24) is 10.2 Å². The van der Waals surface area contributed by atoms with Crippen LogP contribution in [0.15, 0.2) is 48.5 Å². The lowest BCUT2D eigenvalue weighted by molar-refractivity contribution is -0.141.